The molecule has 0 aliphatic rings. The molecule has 0 radical (unpaired) electrons. The van der Waals surface area contributed by atoms with Crippen LogP contribution in [0.25, 0.3) is 0 Å². The Morgan fingerprint density at radius 2 is 2.00 bits per heavy atom. The van der Waals surface area contributed by atoms with E-state index in [0.717, 1.165) is 0 Å². The molecule has 1 rings (SSSR count). The summed E-state index contributed by atoms with van der Waals surface area (Å²) in [5, 5.41) is 0.196. The Labute approximate surface area is 72.8 Å². The van der Waals surface area contributed by atoms with Gasteiger partial charge in [0.15, 0.2) is 0 Å². The molecule has 0 bridgehead atoms. The van der Waals surface area contributed by atoms with Crippen molar-refractivity contribution >= 4 is 12.6 Å². The molecular formula is C9H12OS. The van der Waals surface area contributed by atoms with Gasteiger partial charge in [0, 0.05) is 7.11 Å². The molecule has 11 heavy (non-hydrogen) atoms. The summed E-state index contributed by atoms with van der Waals surface area (Å²) in [5.74, 6) is 0. The van der Waals surface area contributed by atoms with E-state index in [1.54, 1.807) is 7.11 Å². The molecule has 60 valence electrons. The average molecular weight is 168 g/mol. The van der Waals surface area contributed by atoms with Crippen molar-refractivity contribution in [3.63, 3.8) is 0 Å². The van der Waals surface area contributed by atoms with Gasteiger partial charge in [0.05, 0.1) is 11.9 Å². The van der Waals surface area contributed by atoms with Crippen molar-refractivity contribution in [2.75, 3.05) is 13.7 Å². The summed E-state index contributed by atoms with van der Waals surface area (Å²) < 4.78 is 4.98. The zero-order chi connectivity index (χ0) is 8.10. The Bertz CT molecular complexity index is 198. The highest BCUT2D eigenvalue weighted by molar-refractivity contribution is 7.80. The molecule has 0 spiro atoms. The van der Waals surface area contributed by atoms with Crippen molar-refractivity contribution < 1.29 is 4.74 Å². The highest BCUT2D eigenvalue weighted by atomic mass is 32.1. The third-order valence-corrected chi connectivity index (χ3v) is 1.96. The monoisotopic (exact) mass is 168 g/mol. The highest BCUT2D eigenvalue weighted by Crippen LogP contribution is 2.18. The van der Waals surface area contributed by atoms with E-state index in [-0.39, 0.29) is 5.25 Å². The van der Waals surface area contributed by atoms with Gasteiger partial charge in [-0.2, -0.15) is 12.6 Å². The Kier molecular flexibility index (Phi) is 3.46. The van der Waals surface area contributed by atoms with E-state index in [0.29, 0.717) is 6.61 Å². The number of hydrogen-bond acceptors (Lipinski definition) is 2. The van der Waals surface area contributed by atoms with Gasteiger partial charge in [0.25, 0.3) is 0 Å². The second-order valence-corrected chi connectivity index (χ2v) is 3.01. The van der Waals surface area contributed by atoms with Gasteiger partial charge in [0.2, 0.25) is 0 Å². The first kappa shape index (κ1) is 8.62. The third kappa shape index (κ3) is 2.56. The van der Waals surface area contributed by atoms with Crippen LogP contribution >= 0.6 is 12.6 Å². The van der Waals surface area contributed by atoms with Gasteiger partial charge in [-0.25, -0.2) is 0 Å². The maximum atomic E-state index is 4.98. The lowest BCUT2D eigenvalue weighted by atomic mass is 10.2. The van der Waals surface area contributed by atoms with E-state index in [2.05, 4.69) is 24.8 Å². The molecule has 0 aliphatic carbocycles. The lowest BCUT2D eigenvalue weighted by Gasteiger charge is -2.08. The van der Waals surface area contributed by atoms with Crippen molar-refractivity contribution in [2.24, 2.45) is 0 Å². The van der Waals surface area contributed by atoms with E-state index >= 15 is 0 Å². The molecule has 1 aromatic rings. The molecule has 1 aromatic carbocycles. The summed E-state index contributed by atoms with van der Waals surface area (Å²) in [6.07, 6.45) is 0. The fraction of sp³-hybridized carbons (Fsp3) is 0.333. The topological polar surface area (TPSA) is 9.23 Å². The highest BCUT2D eigenvalue weighted by Gasteiger charge is 2.03. The van der Waals surface area contributed by atoms with Gasteiger partial charge in [-0.1, -0.05) is 30.3 Å². The fourth-order valence-electron chi connectivity index (χ4n) is 0.929. The zero-order valence-corrected chi connectivity index (χ0v) is 7.42. The maximum absolute atomic E-state index is 4.98. The van der Waals surface area contributed by atoms with E-state index in [1.165, 1.54) is 5.56 Å². The van der Waals surface area contributed by atoms with Crippen molar-refractivity contribution in [3.8, 4) is 0 Å². The largest absolute Gasteiger partial charge is 0.383 e. The van der Waals surface area contributed by atoms with Gasteiger partial charge < -0.3 is 4.74 Å². The Morgan fingerprint density at radius 1 is 1.36 bits per heavy atom. The van der Waals surface area contributed by atoms with Gasteiger partial charge in [-0.3, -0.25) is 0 Å². The normalized spacial score (nSPS) is 12.9. The SMILES string of the molecule is COCC(S)c1ccccc1. The molecule has 0 saturated carbocycles. The molecule has 1 atom stereocenters. The van der Waals surface area contributed by atoms with Crippen LogP contribution in [0.15, 0.2) is 30.3 Å². The Morgan fingerprint density at radius 3 is 2.55 bits per heavy atom. The smallest absolute Gasteiger partial charge is 0.0619 e. The maximum Gasteiger partial charge on any atom is 0.0619 e. The van der Waals surface area contributed by atoms with Gasteiger partial charge in [0.1, 0.15) is 0 Å². The molecule has 0 N–H and O–H groups in total. The van der Waals surface area contributed by atoms with Crippen LogP contribution in [0.2, 0.25) is 0 Å². The lowest BCUT2D eigenvalue weighted by Crippen LogP contribution is -1.98. The van der Waals surface area contributed by atoms with Crippen LogP contribution in [0.3, 0.4) is 0 Å². The van der Waals surface area contributed by atoms with Gasteiger partial charge in [-0.15, -0.1) is 0 Å². The Balaban J connectivity index is 2.61. The van der Waals surface area contributed by atoms with Crippen molar-refractivity contribution in [1.29, 1.82) is 0 Å². The van der Waals surface area contributed by atoms with Crippen LogP contribution in [0.5, 0.6) is 0 Å². The van der Waals surface area contributed by atoms with E-state index in [4.69, 9.17) is 4.74 Å². The summed E-state index contributed by atoms with van der Waals surface area (Å²) in [4.78, 5) is 0. The summed E-state index contributed by atoms with van der Waals surface area (Å²) in [7, 11) is 1.69. The van der Waals surface area contributed by atoms with Gasteiger partial charge >= 0.3 is 0 Å². The van der Waals surface area contributed by atoms with Crippen LogP contribution in [0.4, 0.5) is 0 Å². The summed E-state index contributed by atoms with van der Waals surface area (Å²) in [5.41, 5.74) is 1.21. The molecule has 2 heteroatoms. The van der Waals surface area contributed by atoms with Crippen LogP contribution in [0, 0.1) is 0 Å². The summed E-state index contributed by atoms with van der Waals surface area (Å²) in [6.45, 7) is 0.660. The fourth-order valence-corrected chi connectivity index (χ4v) is 1.25. The zero-order valence-electron chi connectivity index (χ0n) is 6.53. The quantitative estimate of drug-likeness (QED) is 0.681. The minimum Gasteiger partial charge on any atom is -0.383 e. The standard InChI is InChI=1S/C9H12OS/c1-10-7-9(11)8-5-3-2-4-6-8/h2-6,9,11H,7H2,1H3. The number of ether oxygens (including phenoxy) is 1. The molecular weight excluding hydrogens is 156 g/mol. The second-order valence-electron chi connectivity index (χ2n) is 2.38. The van der Waals surface area contributed by atoms with Crippen molar-refractivity contribution in [2.45, 2.75) is 5.25 Å². The minimum atomic E-state index is 0.196. The van der Waals surface area contributed by atoms with Gasteiger partial charge in [-0.05, 0) is 5.56 Å². The molecule has 0 fully saturated rings. The third-order valence-electron chi connectivity index (χ3n) is 1.51. The van der Waals surface area contributed by atoms with E-state index in [9.17, 15) is 0 Å². The first-order chi connectivity index (χ1) is 5.34. The molecule has 0 aliphatic heterocycles. The molecule has 0 amide bonds. The van der Waals surface area contributed by atoms with E-state index < -0.39 is 0 Å². The Hall–Kier alpha value is -0.470. The summed E-state index contributed by atoms with van der Waals surface area (Å²) >= 11 is 4.37. The lowest BCUT2D eigenvalue weighted by molar-refractivity contribution is 0.200. The molecule has 0 heterocycles. The average Bonchev–Trinajstić information content (AvgIpc) is 2.07. The second kappa shape index (κ2) is 4.42. The number of hydrogen-bond donors (Lipinski definition) is 1. The predicted molar refractivity (Wildman–Crippen MR) is 50.0 cm³/mol. The van der Waals surface area contributed by atoms with Crippen LogP contribution < -0.4 is 0 Å². The van der Waals surface area contributed by atoms with Crippen LogP contribution in [-0.4, -0.2) is 13.7 Å². The minimum absolute atomic E-state index is 0.196. The predicted octanol–water partition coefficient (Wildman–Crippen LogP) is 2.30. The summed E-state index contributed by atoms with van der Waals surface area (Å²) in [6, 6.07) is 10.1. The van der Waals surface area contributed by atoms with E-state index in [1.807, 2.05) is 18.2 Å². The van der Waals surface area contributed by atoms with Crippen LogP contribution in [-0.2, 0) is 4.74 Å². The van der Waals surface area contributed by atoms with Crippen molar-refractivity contribution in [1.82, 2.24) is 0 Å². The molecule has 0 aromatic heterocycles. The van der Waals surface area contributed by atoms with Crippen LogP contribution in [0.1, 0.15) is 10.8 Å². The number of benzene rings is 1. The first-order valence-corrected chi connectivity index (χ1v) is 4.08. The molecule has 1 nitrogen and oxygen atoms in total. The van der Waals surface area contributed by atoms with Crippen molar-refractivity contribution in [3.05, 3.63) is 35.9 Å². The molecule has 0 saturated heterocycles. The first-order valence-electron chi connectivity index (χ1n) is 3.56. The number of thiol groups is 1. The molecule has 1 unspecified atom stereocenters. The number of rotatable bonds is 3. The number of methoxy groups -OCH3 is 1.